The maximum atomic E-state index is 4.92. The molecule has 4 rings (SSSR count). The van der Waals surface area contributed by atoms with E-state index < -0.39 is 0 Å². The summed E-state index contributed by atoms with van der Waals surface area (Å²) in [5.41, 5.74) is 0.626. The number of hydrogen-bond acceptors (Lipinski definition) is 1. The summed E-state index contributed by atoms with van der Waals surface area (Å²) < 4.78 is 0. The van der Waals surface area contributed by atoms with Crippen LogP contribution in [0.15, 0.2) is 17.1 Å². The molecule has 3 unspecified atom stereocenters. The molecular weight excluding hydrogens is 278 g/mol. The van der Waals surface area contributed by atoms with E-state index in [1.807, 2.05) is 0 Å². The van der Waals surface area contributed by atoms with Gasteiger partial charge in [0, 0.05) is 0 Å². The van der Waals surface area contributed by atoms with Gasteiger partial charge < -0.3 is 0 Å². The zero-order valence-electron chi connectivity index (χ0n) is 15.5. The second kappa shape index (κ2) is 7.99. The topological polar surface area (TPSA) is 12.4 Å². The van der Waals surface area contributed by atoms with Gasteiger partial charge in [-0.2, -0.15) is 0 Å². The Hall–Kier alpha value is -0.590. The summed E-state index contributed by atoms with van der Waals surface area (Å²) in [4.78, 5) is 4.92. The summed E-state index contributed by atoms with van der Waals surface area (Å²) in [6.07, 6.45) is 24.0. The SMILES string of the molecule is CCC=NC1CCC23CCC(CCCC/C=C\C(C1)C2C)CC3. The molecule has 2 saturated carbocycles. The minimum atomic E-state index is 0.578. The fourth-order valence-electron chi connectivity index (χ4n) is 5.62. The number of nitrogens with zero attached hydrogens (tertiary/aromatic N) is 1. The van der Waals surface area contributed by atoms with E-state index in [1.54, 1.807) is 0 Å². The van der Waals surface area contributed by atoms with Gasteiger partial charge in [0.05, 0.1) is 6.04 Å². The van der Waals surface area contributed by atoms with Gasteiger partial charge in [-0.05, 0) is 93.6 Å². The summed E-state index contributed by atoms with van der Waals surface area (Å²) in [5, 5.41) is 0. The molecule has 0 radical (unpaired) electrons. The zero-order valence-corrected chi connectivity index (χ0v) is 15.5. The van der Waals surface area contributed by atoms with Gasteiger partial charge in [-0.3, -0.25) is 4.99 Å². The van der Waals surface area contributed by atoms with E-state index in [4.69, 9.17) is 4.99 Å². The molecule has 0 N–H and O–H groups in total. The lowest BCUT2D eigenvalue weighted by molar-refractivity contribution is 0.0542. The Balaban J connectivity index is 1.83. The lowest BCUT2D eigenvalue weighted by atomic mass is 9.59. The summed E-state index contributed by atoms with van der Waals surface area (Å²) in [7, 11) is 0. The van der Waals surface area contributed by atoms with Crippen molar-refractivity contribution in [3.8, 4) is 0 Å². The second-order valence-corrected chi connectivity index (χ2v) is 8.64. The van der Waals surface area contributed by atoms with Gasteiger partial charge in [0.15, 0.2) is 0 Å². The van der Waals surface area contributed by atoms with E-state index in [0.29, 0.717) is 11.5 Å². The van der Waals surface area contributed by atoms with Crippen molar-refractivity contribution in [1.29, 1.82) is 0 Å². The molecule has 0 aromatic carbocycles. The average Bonchev–Trinajstić information content (AvgIpc) is 2.70. The molecule has 4 aliphatic rings. The van der Waals surface area contributed by atoms with E-state index in [9.17, 15) is 0 Å². The Morgan fingerprint density at radius 2 is 1.87 bits per heavy atom. The largest absolute Gasteiger partial charge is 0.294 e. The smallest absolute Gasteiger partial charge is 0.0501 e. The third-order valence-electron chi connectivity index (χ3n) is 7.34. The standard InChI is InChI=1S/C22H37N/c1-3-16-23-21-12-15-22-13-10-19(11-14-22)8-6-4-5-7-9-20(17-21)18(22)2/h7,9,16,18-21H,3-6,8,10-15,17H2,1-2H3/b9-7-,23-16?. The van der Waals surface area contributed by atoms with Crippen molar-refractivity contribution in [3.63, 3.8) is 0 Å². The van der Waals surface area contributed by atoms with Crippen LogP contribution in [0, 0.1) is 23.2 Å². The molecule has 23 heavy (non-hydrogen) atoms. The van der Waals surface area contributed by atoms with Crippen LogP contribution in [-0.2, 0) is 0 Å². The van der Waals surface area contributed by atoms with Crippen LogP contribution in [0.1, 0.15) is 90.9 Å². The molecule has 0 aromatic rings. The Kier molecular flexibility index (Phi) is 5.99. The molecule has 0 aliphatic heterocycles. The summed E-state index contributed by atoms with van der Waals surface area (Å²) in [6, 6.07) is 0.578. The van der Waals surface area contributed by atoms with Crippen LogP contribution in [0.25, 0.3) is 0 Å². The first-order valence-electron chi connectivity index (χ1n) is 10.4. The Morgan fingerprint density at radius 3 is 2.65 bits per heavy atom. The van der Waals surface area contributed by atoms with Crippen molar-refractivity contribution in [3.05, 3.63) is 12.2 Å². The Labute approximate surface area is 144 Å². The molecule has 0 heterocycles. The van der Waals surface area contributed by atoms with Crippen molar-refractivity contribution in [2.24, 2.45) is 28.2 Å². The third kappa shape index (κ3) is 4.09. The number of hydrogen-bond donors (Lipinski definition) is 0. The van der Waals surface area contributed by atoms with E-state index in [1.165, 1.54) is 70.6 Å². The first kappa shape index (κ1) is 17.2. The molecule has 1 nitrogen and oxygen atoms in total. The molecule has 0 aromatic heterocycles. The molecule has 1 spiro atoms. The third-order valence-corrected chi connectivity index (χ3v) is 7.34. The lowest BCUT2D eigenvalue weighted by Crippen LogP contribution is -2.36. The molecule has 130 valence electrons. The molecule has 3 bridgehead atoms. The quantitative estimate of drug-likeness (QED) is 0.403. The zero-order chi connectivity index (χ0) is 16.1. The lowest BCUT2D eigenvalue weighted by Gasteiger charge is -2.46. The van der Waals surface area contributed by atoms with Gasteiger partial charge >= 0.3 is 0 Å². The highest BCUT2D eigenvalue weighted by Gasteiger charge is 2.44. The van der Waals surface area contributed by atoms with Crippen LogP contribution in [0.4, 0.5) is 0 Å². The molecule has 4 aliphatic carbocycles. The van der Waals surface area contributed by atoms with E-state index in [0.717, 1.165) is 24.2 Å². The number of rotatable bonds is 2. The fourth-order valence-corrected chi connectivity index (χ4v) is 5.62. The van der Waals surface area contributed by atoms with Gasteiger partial charge in [-0.1, -0.05) is 38.8 Å². The van der Waals surface area contributed by atoms with Crippen molar-refractivity contribution in [1.82, 2.24) is 0 Å². The minimum absolute atomic E-state index is 0.578. The molecule has 0 amide bonds. The van der Waals surface area contributed by atoms with Crippen LogP contribution in [0.3, 0.4) is 0 Å². The van der Waals surface area contributed by atoms with Gasteiger partial charge in [0.2, 0.25) is 0 Å². The van der Waals surface area contributed by atoms with E-state index in [-0.39, 0.29) is 0 Å². The van der Waals surface area contributed by atoms with Crippen molar-refractivity contribution in [2.75, 3.05) is 0 Å². The van der Waals surface area contributed by atoms with Gasteiger partial charge in [0.1, 0.15) is 0 Å². The van der Waals surface area contributed by atoms with Crippen molar-refractivity contribution >= 4 is 6.21 Å². The number of aliphatic imine (C=N–C) groups is 1. The van der Waals surface area contributed by atoms with Crippen LogP contribution in [0.5, 0.6) is 0 Å². The molecule has 2 fully saturated rings. The normalized spacial score (nSPS) is 43.6. The fraction of sp³-hybridized carbons (Fsp3) is 0.864. The Bertz CT molecular complexity index is 414. The van der Waals surface area contributed by atoms with E-state index >= 15 is 0 Å². The molecule has 0 saturated heterocycles. The number of fused-ring (bicyclic) bond motifs is 6. The predicted octanol–water partition coefficient (Wildman–Crippen LogP) is 6.58. The maximum Gasteiger partial charge on any atom is 0.0501 e. The average molecular weight is 316 g/mol. The number of allylic oxidation sites excluding steroid dienone is 2. The predicted molar refractivity (Wildman–Crippen MR) is 101 cm³/mol. The van der Waals surface area contributed by atoms with Gasteiger partial charge in [0.25, 0.3) is 0 Å². The first-order valence-corrected chi connectivity index (χ1v) is 10.4. The summed E-state index contributed by atoms with van der Waals surface area (Å²) in [5.74, 6) is 2.64. The summed E-state index contributed by atoms with van der Waals surface area (Å²) >= 11 is 0. The van der Waals surface area contributed by atoms with Gasteiger partial charge in [-0.15, -0.1) is 0 Å². The van der Waals surface area contributed by atoms with E-state index in [2.05, 4.69) is 32.2 Å². The first-order chi connectivity index (χ1) is 11.2. The second-order valence-electron chi connectivity index (χ2n) is 8.64. The molecular formula is C22H37N. The van der Waals surface area contributed by atoms with Crippen molar-refractivity contribution in [2.45, 2.75) is 96.9 Å². The molecule has 3 atom stereocenters. The highest BCUT2D eigenvalue weighted by Crippen LogP contribution is 2.54. The Morgan fingerprint density at radius 1 is 1.09 bits per heavy atom. The minimum Gasteiger partial charge on any atom is -0.294 e. The van der Waals surface area contributed by atoms with Crippen LogP contribution in [0.2, 0.25) is 0 Å². The molecule has 1 heteroatoms. The van der Waals surface area contributed by atoms with Crippen LogP contribution < -0.4 is 0 Å². The van der Waals surface area contributed by atoms with Crippen molar-refractivity contribution < 1.29 is 0 Å². The van der Waals surface area contributed by atoms with Gasteiger partial charge in [-0.25, -0.2) is 0 Å². The monoisotopic (exact) mass is 315 g/mol. The summed E-state index contributed by atoms with van der Waals surface area (Å²) in [6.45, 7) is 4.78. The van der Waals surface area contributed by atoms with Crippen LogP contribution in [-0.4, -0.2) is 12.3 Å². The maximum absolute atomic E-state index is 4.92. The highest BCUT2D eigenvalue weighted by atomic mass is 14.8. The van der Waals surface area contributed by atoms with Crippen LogP contribution >= 0.6 is 0 Å². The highest BCUT2D eigenvalue weighted by molar-refractivity contribution is 5.56.